The van der Waals surface area contributed by atoms with Crippen LogP contribution in [0.25, 0.3) is 10.9 Å². The monoisotopic (exact) mass is 302 g/mol. The van der Waals surface area contributed by atoms with Gasteiger partial charge in [-0.25, -0.2) is 9.59 Å². The van der Waals surface area contributed by atoms with Gasteiger partial charge in [0.2, 0.25) is 0 Å². The Morgan fingerprint density at radius 2 is 1.91 bits per heavy atom. The lowest BCUT2D eigenvalue weighted by atomic mass is 10.0. The third kappa shape index (κ3) is 2.06. The normalized spacial score (nSPS) is 14.8. The maximum atomic E-state index is 12.0. The Morgan fingerprint density at radius 1 is 1.18 bits per heavy atom. The van der Waals surface area contributed by atoms with E-state index in [-0.39, 0.29) is 5.56 Å². The number of benzene rings is 1. The summed E-state index contributed by atoms with van der Waals surface area (Å²) in [6.45, 7) is 1.22. The van der Waals surface area contributed by atoms with Crippen molar-refractivity contribution in [3.8, 4) is 0 Å². The molecule has 2 heterocycles. The van der Waals surface area contributed by atoms with E-state index in [9.17, 15) is 14.4 Å². The maximum absolute atomic E-state index is 12.0. The summed E-state index contributed by atoms with van der Waals surface area (Å²) in [5.74, 6) is -3.61. The molecule has 0 spiro atoms. The minimum Gasteiger partial charge on any atom is -0.478 e. The fraction of sp³-hybridized carbons (Fsp3) is 0.267. The summed E-state index contributed by atoms with van der Waals surface area (Å²) in [6, 6.07) is 4.39. The fourth-order valence-electron chi connectivity index (χ4n) is 2.95. The van der Waals surface area contributed by atoms with Crippen molar-refractivity contribution in [2.45, 2.75) is 13.0 Å². The highest BCUT2D eigenvalue weighted by Gasteiger charge is 2.28. The quantitative estimate of drug-likeness (QED) is 0.764. The zero-order valence-corrected chi connectivity index (χ0v) is 11.9. The number of hydrogen-bond acceptors (Lipinski definition) is 4. The molecule has 114 valence electrons. The number of hydrogen-bond donors (Lipinski definition) is 2. The summed E-state index contributed by atoms with van der Waals surface area (Å²) in [5, 5.41) is 18.8. The molecule has 0 fully saturated rings. The Bertz CT molecular complexity index is 821. The molecule has 0 saturated carbocycles. The molecule has 0 radical (unpaired) electrons. The molecule has 0 amide bonds. The molecule has 1 aliphatic rings. The first-order chi connectivity index (χ1) is 10.4. The van der Waals surface area contributed by atoms with Crippen molar-refractivity contribution in [2.75, 3.05) is 13.6 Å². The molecule has 7 heteroatoms. The van der Waals surface area contributed by atoms with Crippen LogP contribution >= 0.6 is 0 Å². The van der Waals surface area contributed by atoms with E-state index in [4.69, 9.17) is 10.2 Å². The second-order valence-corrected chi connectivity index (χ2v) is 5.40. The zero-order chi connectivity index (χ0) is 16.0. The number of rotatable bonds is 1. The van der Waals surface area contributed by atoms with Crippen molar-refractivity contribution in [3.63, 3.8) is 0 Å². The van der Waals surface area contributed by atoms with Gasteiger partial charge in [0.25, 0.3) is 0 Å². The number of aromatic nitrogens is 1. The second kappa shape index (κ2) is 4.96. The molecule has 0 bridgehead atoms. The first-order valence-electron chi connectivity index (χ1n) is 6.76. The Kier molecular flexibility index (Phi) is 3.22. The number of fused-ring (bicyclic) bond motifs is 3. The van der Waals surface area contributed by atoms with Gasteiger partial charge in [0.05, 0.1) is 11.1 Å². The van der Waals surface area contributed by atoms with Gasteiger partial charge in [-0.3, -0.25) is 9.36 Å². The summed E-state index contributed by atoms with van der Waals surface area (Å²) in [4.78, 5) is 36.3. The molecule has 1 aromatic heterocycles. The highest BCUT2D eigenvalue weighted by molar-refractivity contribution is 6.34. The van der Waals surface area contributed by atoms with Crippen LogP contribution in [0, 0.1) is 0 Å². The van der Waals surface area contributed by atoms with Crippen molar-refractivity contribution < 1.29 is 24.6 Å². The Hall–Kier alpha value is -2.67. The van der Waals surface area contributed by atoms with Crippen molar-refractivity contribution in [1.29, 1.82) is 0 Å². The number of carboxylic acid groups (broad SMARTS) is 2. The molecule has 22 heavy (non-hydrogen) atoms. The number of nitrogens with zero attached hydrogens (tertiary/aromatic N) is 2. The number of carbonyl (C=O) groups excluding carboxylic acids is 1. The number of aliphatic carboxylic acids is 1. The first kappa shape index (κ1) is 14.3. The van der Waals surface area contributed by atoms with Crippen molar-refractivity contribution >= 4 is 28.7 Å². The molecule has 3 rings (SSSR count). The summed E-state index contributed by atoms with van der Waals surface area (Å²) in [5.41, 5.74) is 2.04. The van der Waals surface area contributed by atoms with Gasteiger partial charge in [-0.15, -0.1) is 0 Å². The molecule has 1 aromatic carbocycles. The zero-order valence-electron chi connectivity index (χ0n) is 11.9. The summed E-state index contributed by atoms with van der Waals surface area (Å²) < 4.78 is 1.19. The highest BCUT2D eigenvalue weighted by Crippen LogP contribution is 2.31. The van der Waals surface area contributed by atoms with Crippen molar-refractivity contribution in [2.24, 2.45) is 0 Å². The maximum Gasteiger partial charge on any atom is 0.395 e. The van der Waals surface area contributed by atoms with Gasteiger partial charge in [0.15, 0.2) is 0 Å². The third-order valence-electron chi connectivity index (χ3n) is 3.98. The molecule has 1 aliphatic heterocycles. The summed E-state index contributed by atoms with van der Waals surface area (Å²) in [7, 11) is 1.89. The van der Waals surface area contributed by atoms with Crippen LogP contribution in [0.2, 0.25) is 0 Å². The van der Waals surface area contributed by atoms with E-state index < -0.39 is 17.8 Å². The van der Waals surface area contributed by atoms with Crippen LogP contribution in [0.5, 0.6) is 0 Å². The van der Waals surface area contributed by atoms with Crippen LogP contribution < -0.4 is 0 Å². The number of aromatic carboxylic acids is 1. The molecule has 0 saturated heterocycles. The molecule has 2 aromatic rings. The predicted octanol–water partition coefficient (Wildman–Crippen LogP) is 1.05. The van der Waals surface area contributed by atoms with Gasteiger partial charge in [0.1, 0.15) is 0 Å². The standard InChI is InChI=1S/C15H14N2O5/c1-16-5-4-9-10-6-8(14(19)20)2-3-11(10)17(12(9)7-16)13(18)15(21)22/h2-3,6H,4-5,7H2,1H3,(H,19,20)(H,21,22). The van der Waals surface area contributed by atoms with Gasteiger partial charge in [-0.1, -0.05) is 0 Å². The Morgan fingerprint density at radius 3 is 2.55 bits per heavy atom. The molecular formula is C15H14N2O5. The second-order valence-electron chi connectivity index (χ2n) is 5.40. The Labute approximate surface area is 125 Å². The molecule has 7 nitrogen and oxygen atoms in total. The van der Waals surface area contributed by atoms with Crippen molar-refractivity contribution in [3.05, 3.63) is 35.0 Å². The molecular weight excluding hydrogens is 288 g/mol. The lowest BCUT2D eigenvalue weighted by molar-refractivity contribution is -0.132. The van der Waals surface area contributed by atoms with E-state index in [1.165, 1.54) is 22.8 Å². The molecule has 2 N–H and O–H groups in total. The van der Waals surface area contributed by atoms with Crippen LogP contribution in [0.3, 0.4) is 0 Å². The van der Waals surface area contributed by atoms with Gasteiger partial charge in [-0.2, -0.15) is 0 Å². The number of carbonyl (C=O) groups is 3. The first-order valence-corrected chi connectivity index (χ1v) is 6.76. The van der Waals surface area contributed by atoms with E-state index in [0.29, 0.717) is 29.6 Å². The lowest BCUT2D eigenvalue weighted by Gasteiger charge is -2.23. The molecule has 0 atom stereocenters. The van der Waals surface area contributed by atoms with E-state index in [2.05, 4.69) is 0 Å². The van der Waals surface area contributed by atoms with Gasteiger partial charge in [0, 0.05) is 24.2 Å². The van der Waals surface area contributed by atoms with Gasteiger partial charge >= 0.3 is 17.8 Å². The smallest absolute Gasteiger partial charge is 0.395 e. The average molecular weight is 302 g/mol. The van der Waals surface area contributed by atoms with Crippen LogP contribution in [-0.4, -0.2) is 51.1 Å². The average Bonchev–Trinajstić information content (AvgIpc) is 2.78. The minimum absolute atomic E-state index is 0.120. The van der Waals surface area contributed by atoms with Gasteiger partial charge in [-0.05, 0) is 37.2 Å². The van der Waals surface area contributed by atoms with Crippen molar-refractivity contribution in [1.82, 2.24) is 9.47 Å². The summed E-state index contributed by atoms with van der Waals surface area (Å²) >= 11 is 0. The number of carboxylic acids is 2. The van der Waals surface area contributed by atoms with Gasteiger partial charge < -0.3 is 15.1 Å². The fourth-order valence-corrected chi connectivity index (χ4v) is 2.95. The lowest BCUT2D eigenvalue weighted by Crippen LogP contribution is -2.31. The van der Waals surface area contributed by atoms with Crippen LogP contribution in [0.15, 0.2) is 18.2 Å². The van der Waals surface area contributed by atoms with E-state index in [0.717, 1.165) is 12.1 Å². The topological polar surface area (TPSA) is 99.8 Å². The van der Waals surface area contributed by atoms with Crippen LogP contribution in [0.1, 0.15) is 26.4 Å². The Balaban J connectivity index is 2.33. The largest absolute Gasteiger partial charge is 0.478 e. The number of likely N-dealkylation sites (N-methyl/N-ethyl adjacent to an activating group) is 1. The molecule has 0 unspecified atom stereocenters. The van der Waals surface area contributed by atoms with Crippen LogP contribution in [0.4, 0.5) is 0 Å². The minimum atomic E-state index is -1.53. The predicted molar refractivity (Wildman–Crippen MR) is 77.2 cm³/mol. The third-order valence-corrected chi connectivity index (χ3v) is 3.98. The van der Waals surface area contributed by atoms with E-state index >= 15 is 0 Å². The van der Waals surface area contributed by atoms with E-state index in [1.54, 1.807) is 0 Å². The summed E-state index contributed by atoms with van der Waals surface area (Å²) in [6.07, 6.45) is 0.644. The molecule has 0 aliphatic carbocycles. The highest BCUT2D eigenvalue weighted by atomic mass is 16.4. The van der Waals surface area contributed by atoms with E-state index in [1.807, 2.05) is 11.9 Å². The van der Waals surface area contributed by atoms with Crippen LogP contribution in [-0.2, 0) is 17.8 Å². The SMILES string of the molecule is CN1CCc2c(n(C(=O)C(=O)O)c3ccc(C(=O)O)cc23)C1.